The number of rotatable bonds is 4. The van der Waals surface area contributed by atoms with E-state index in [9.17, 15) is 15.0 Å². The Morgan fingerprint density at radius 3 is 2.40 bits per heavy atom. The minimum atomic E-state index is -0.389. The molecule has 2 rings (SSSR count). The third-order valence-electron chi connectivity index (χ3n) is 2.80. The molecule has 1 amide bonds. The number of carbonyl (C=O) groups excluding carboxylic acids is 1. The molecule has 5 heteroatoms. The Morgan fingerprint density at radius 1 is 1.10 bits per heavy atom. The first-order chi connectivity index (χ1) is 9.60. The van der Waals surface area contributed by atoms with Gasteiger partial charge >= 0.3 is 0 Å². The van der Waals surface area contributed by atoms with E-state index in [4.69, 9.17) is 0 Å². The van der Waals surface area contributed by atoms with Gasteiger partial charge in [0.05, 0.1) is 0 Å². The quantitative estimate of drug-likeness (QED) is 0.687. The van der Waals surface area contributed by atoms with Gasteiger partial charge in [-0.15, -0.1) is 0 Å². The van der Waals surface area contributed by atoms with E-state index in [2.05, 4.69) is 10.6 Å². The molecule has 0 heterocycles. The minimum absolute atomic E-state index is 0.154. The summed E-state index contributed by atoms with van der Waals surface area (Å²) in [7, 11) is 1.83. The van der Waals surface area contributed by atoms with E-state index in [0.717, 1.165) is 5.56 Å². The largest absolute Gasteiger partial charge is 0.508 e. The molecule has 104 valence electrons. The molecule has 0 saturated heterocycles. The minimum Gasteiger partial charge on any atom is -0.508 e. The molecule has 0 saturated carbocycles. The third-order valence-corrected chi connectivity index (χ3v) is 2.80. The van der Waals surface area contributed by atoms with E-state index >= 15 is 0 Å². The number of hydrogen-bond donors (Lipinski definition) is 4. The summed E-state index contributed by atoms with van der Waals surface area (Å²) in [6.07, 6.45) is 0. The van der Waals surface area contributed by atoms with Crippen LogP contribution in [0.15, 0.2) is 42.5 Å². The molecule has 0 atom stereocenters. The van der Waals surface area contributed by atoms with Gasteiger partial charge in [-0.05, 0) is 30.8 Å². The SMILES string of the molecule is CNCc1ccccc1NC(=O)c1cc(O)cc(O)c1. The standard InChI is InChI=1S/C15H16N2O3/c1-16-9-10-4-2-3-5-14(10)17-15(20)11-6-12(18)8-13(19)7-11/h2-8,16,18-19H,9H2,1H3,(H,17,20). The molecule has 20 heavy (non-hydrogen) atoms. The molecule has 2 aromatic carbocycles. The van der Waals surface area contributed by atoms with Crippen molar-refractivity contribution in [1.29, 1.82) is 0 Å². The maximum absolute atomic E-state index is 12.1. The average Bonchev–Trinajstić information content (AvgIpc) is 2.40. The van der Waals surface area contributed by atoms with E-state index in [-0.39, 0.29) is 23.0 Å². The average molecular weight is 272 g/mol. The highest BCUT2D eigenvalue weighted by Gasteiger charge is 2.10. The van der Waals surface area contributed by atoms with Gasteiger partial charge in [-0.3, -0.25) is 4.79 Å². The zero-order chi connectivity index (χ0) is 14.5. The number of carbonyl (C=O) groups is 1. The first kappa shape index (κ1) is 13.9. The number of benzene rings is 2. The molecule has 0 fully saturated rings. The van der Waals surface area contributed by atoms with Crippen molar-refractivity contribution in [2.45, 2.75) is 6.54 Å². The van der Waals surface area contributed by atoms with Crippen molar-refractivity contribution >= 4 is 11.6 Å². The molecule has 5 nitrogen and oxygen atoms in total. The molecule has 0 unspecified atom stereocenters. The topological polar surface area (TPSA) is 81.6 Å². The summed E-state index contributed by atoms with van der Waals surface area (Å²) in [5.74, 6) is -0.697. The van der Waals surface area contributed by atoms with Crippen LogP contribution in [0.3, 0.4) is 0 Å². The lowest BCUT2D eigenvalue weighted by Gasteiger charge is -2.11. The number of hydrogen-bond acceptors (Lipinski definition) is 4. The summed E-state index contributed by atoms with van der Waals surface area (Å²) >= 11 is 0. The summed E-state index contributed by atoms with van der Waals surface area (Å²) in [6.45, 7) is 0.627. The van der Waals surface area contributed by atoms with Crippen molar-refractivity contribution < 1.29 is 15.0 Å². The first-order valence-electron chi connectivity index (χ1n) is 6.17. The molecule has 0 aliphatic heterocycles. The zero-order valence-electron chi connectivity index (χ0n) is 11.1. The van der Waals surface area contributed by atoms with Crippen molar-refractivity contribution in [3.05, 3.63) is 53.6 Å². The highest BCUT2D eigenvalue weighted by atomic mass is 16.3. The lowest BCUT2D eigenvalue weighted by atomic mass is 10.1. The molecule has 0 aromatic heterocycles. The van der Waals surface area contributed by atoms with Crippen molar-refractivity contribution in [1.82, 2.24) is 5.32 Å². The lowest BCUT2D eigenvalue weighted by Crippen LogP contribution is -2.15. The molecule has 0 aliphatic carbocycles. The van der Waals surface area contributed by atoms with E-state index in [1.807, 2.05) is 25.2 Å². The molecular weight excluding hydrogens is 256 g/mol. The normalized spacial score (nSPS) is 10.2. The van der Waals surface area contributed by atoms with Crippen LogP contribution < -0.4 is 10.6 Å². The predicted molar refractivity (Wildman–Crippen MR) is 76.9 cm³/mol. The number of para-hydroxylation sites is 1. The Kier molecular flexibility index (Phi) is 4.22. The molecule has 0 bridgehead atoms. The summed E-state index contributed by atoms with van der Waals surface area (Å²) in [5.41, 5.74) is 1.84. The Balaban J connectivity index is 2.23. The number of aromatic hydroxyl groups is 2. The Morgan fingerprint density at radius 2 is 1.75 bits per heavy atom. The molecule has 0 radical (unpaired) electrons. The number of anilines is 1. The maximum Gasteiger partial charge on any atom is 0.255 e. The molecule has 4 N–H and O–H groups in total. The van der Waals surface area contributed by atoms with Crippen LogP contribution in [-0.2, 0) is 6.54 Å². The highest BCUT2D eigenvalue weighted by Crippen LogP contribution is 2.22. The second-order valence-corrected chi connectivity index (χ2v) is 4.38. The van der Waals surface area contributed by atoms with Crippen LogP contribution in [0.25, 0.3) is 0 Å². The van der Waals surface area contributed by atoms with E-state index in [1.165, 1.54) is 18.2 Å². The van der Waals surface area contributed by atoms with Gasteiger partial charge in [0, 0.05) is 23.9 Å². The summed E-state index contributed by atoms with van der Waals surface area (Å²) in [4.78, 5) is 12.1. The second-order valence-electron chi connectivity index (χ2n) is 4.38. The van der Waals surface area contributed by atoms with Gasteiger partial charge in [-0.25, -0.2) is 0 Å². The summed E-state index contributed by atoms with van der Waals surface area (Å²) in [5, 5.41) is 24.6. The van der Waals surface area contributed by atoms with Crippen molar-refractivity contribution in [2.75, 3.05) is 12.4 Å². The fourth-order valence-electron chi connectivity index (χ4n) is 1.91. The molecular formula is C15H16N2O3. The van der Waals surface area contributed by atoms with Gasteiger partial charge in [0.25, 0.3) is 5.91 Å². The van der Waals surface area contributed by atoms with Gasteiger partial charge in [-0.2, -0.15) is 0 Å². The Labute approximate surface area is 116 Å². The van der Waals surface area contributed by atoms with Crippen molar-refractivity contribution in [2.24, 2.45) is 0 Å². The molecule has 0 aliphatic rings. The Hall–Kier alpha value is -2.53. The number of phenols is 2. The highest BCUT2D eigenvalue weighted by molar-refractivity contribution is 6.05. The molecule has 2 aromatic rings. The number of amides is 1. The van der Waals surface area contributed by atoms with E-state index in [0.29, 0.717) is 12.2 Å². The smallest absolute Gasteiger partial charge is 0.255 e. The van der Waals surface area contributed by atoms with Crippen LogP contribution >= 0.6 is 0 Å². The summed E-state index contributed by atoms with van der Waals surface area (Å²) < 4.78 is 0. The van der Waals surface area contributed by atoms with Gasteiger partial charge in [-0.1, -0.05) is 18.2 Å². The van der Waals surface area contributed by atoms with Gasteiger partial charge in [0.1, 0.15) is 11.5 Å². The monoisotopic (exact) mass is 272 g/mol. The maximum atomic E-state index is 12.1. The van der Waals surface area contributed by atoms with Crippen molar-refractivity contribution in [3.63, 3.8) is 0 Å². The second kappa shape index (κ2) is 6.08. The number of phenolic OH excluding ortho intramolecular Hbond substituents is 2. The molecule has 0 spiro atoms. The fraction of sp³-hybridized carbons (Fsp3) is 0.133. The van der Waals surface area contributed by atoms with Gasteiger partial charge in [0.15, 0.2) is 0 Å². The summed E-state index contributed by atoms with van der Waals surface area (Å²) in [6, 6.07) is 11.2. The first-order valence-corrected chi connectivity index (χ1v) is 6.17. The van der Waals surface area contributed by atoms with Crippen LogP contribution in [0, 0.1) is 0 Å². The van der Waals surface area contributed by atoms with Crippen LogP contribution in [0.5, 0.6) is 11.5 Å². The van der Waals surface area contributed by atoms with E-state index in [1.54, 1.807) is 6.07 Å². The van der Waals surface area contributed by atoms with Gasteiger partial charge in [0.2, 0.25) is 0 Å². The van der Waals surface area contributed by atoms with Crippen LogP contribution in [0.4, 0.5) is 5.69 Å². The Bertz CT molecular complexity index is 606. The lowest BCUT2D eigenvalue weighted by molar-refractivity contribution is 0.102. The van der Waals surface area contributed by atoms with Crippen LogP contribution in [-0.4, -0.2) is 23.2 Å². The van der Waals surface area contributed by atoms with Crippen LogP contribution in [0.1, 0.15) is 15.9 Å². The van der Waals surface area contributed by atoms with Gasteiger partial charge < -0.3 is 20.8 Å². The number of nitrogens with one attached hydrogen (secondary N) is 2. The van der Waals surface area contributed by atoms with Crippen molar-refractivity contribution in [3.8, 4) is 11.5 Å². The zero-order valence-corrected chi connectivity index (χ0v) is 11.1. The van der Waals surface area contributed by atoms with E-state index < -0.39 is 0 Å². The fourth-order valence-corrected chi connectivity index (χ4v) is 1.91. The predicted octanol–water partition coefficient (Wildman–Crippen LogP) is 2.07. The third kappa shape index (κ3) is 3.27. The van der Waals surface area contributed by atoms with Crippen LogP contribution in [0.2, 0.25) is 0 Å².